The lowest BCUT2D eigenvalue weighted by molar-refractivity contribution is 0.199. The van der Waals surface area contributed by atoms with Crippen molar-refractivity contribution in [3.05, 3.63) is 54.2 Å². The average molecular weight is 365 g/mol. The van der Waals surface area contributed by atoms with Crippen molar-refractivity contribution in [2.75, 3.05) is 31.7 Å². The summed E-state index contributed by atoms with van der Waals surface area (Å²) in [5, 5.41) is 12.9. The van der Waals surface area contributed by atoms with E-state index in [0.29, 0.717) is 24.7 Å². The molecule has 0 N–H and O–H groups in total. The van der Waals surface area contributed by atoms with Gasteiger partial charge in [0.2, 0.25) is 5.89 Å². The fraction of sp³-hybridized carbons (Fsp3) is 0.400. The molecule has 1 unspecified atom stereocenters. The third-order valence-electron chi connectivity index (χ3n) is 4.83. The number of anilines is 1. The highest BCUT2D eigenvalue weighted by atomic mass is 16.5. The van der Waals surface area contributed by atoms with Crippen molar-refractivity contribution in [3.8, 4) is 11.3 Å². The minimum absolute atomic E-state index is 0.221. The zero-order valence-corrected chi connectivity index (χ0v) is 15.4. The molecule has 3 aromatic rings. The lowest BCUT2D eigenvalue weighted by Gasteiger charge is -2.31. The van der Waals surface area contributed by atoms with Crippen LogP contribution in [0.3, 0.4) is 0 Å². The minimum atomic E-state index is 0.221. The first kappa shape index (κ1) is 17.6. The Kier molecular flexibility index (Phi) is 5.39. The maximum absolute atomic E-state index is 5.48. The number of piperidine rings is 1. The predicted molar refractivity (Wildman–Crippen MR) is 102 cm³/mol. The van der Waals surface area contributed by atoms with Crippen molar-refractivity contribution in [1.82, 2.24) is 20.3 Å². The van der Waals surface area contributed by atoms with Crippen LogP contribution in [0, 0.1) is 0 Å². The Morgan fingerprint density at radius 1 is 1.15 bits per heavy atom. The van der Waals surface area contributed by atoms with E-state index < -0.39 is 0 Å². The molecule has 140 valence electrons. The lowest BCUT2D eigenvalue weighted by Crippen LogP contribution is -2.35. The molecule has 4 rings (SSSR count). The molecule has 27 heavy (non-hydrogen) atoms. The third-order valence-corrected chi connectivity index (χ3v) is 4.83. The molecule has 0 spiro atoms. The van der Waals surface area contributed by atoms with Gasteiger partial charge in [0.1, 0.15) is 0 Å². The van der Waals surface area contributed by atoms with Crippen LogP contribution >= 0.6 is 0 Å². The Labute approximate surface area is 158 Å². The molecule has 1 aromatic carbocycles. The van der Waals surface area contributed by atoms with Gasteiger partial charge in [0.05, 0.1) is 18.2 Å². The van der Waals surface area contributed by atoms with Crippen LogP contribution in [-0.4, -0.2) is 47.1 Å². The summed E-state index contributed by atoms with van der Waals surface area (Å²) in [6, 6.07) is 14.1. The summed E-state index contributed by atoms with van der Waals surface area (Å²) in [6.07, 6.45) is 2.77. The molecule has 3 heterocycles. The van der Waals surface area contributed by atoms with Gasteiger partial charge < -0.3 is 14.2 Å². The maximum atomic E-state index is 5.48. The van der Waals surface area contributed by atoms with E-state index in [9.17, 15) is 0 Å². The fourth-order valence-electron chi connectivity index (χ4n) is 3.37. The quantitative estimate of drug-likeness (QED) is 0.664. The number of hydrogen-bond donors (Lipinski definition) is 0. The maximum Gasteiger partial charge on any atom is 0.231 e. The van der Waals surface area contributed by atoms with Gasteiger partial charge in [-0.2, -0.15) is 4.98 Å². The molecule has 0 aliphatic carbocycles. The smallest absolute Gasteiger partial charge is 0.231 e. The number of benzene rings is 1. The normalized spacial score (nSPS) is 17.2. The molecule has 7 nitrogen and oxygen atoms in total. The van der Waals surface area contributed by atoms with Crippen LogP contribution in [0.25, 0.3) is 11.3 Å². The number of hydrogen-bond acceptors (Lipinski definition) is 7. The largest absolute Gasteiger partial charge is 0.384 e. The van der Waals surface area contributed by atoms with Crippen molar-refractivity contribution in [1.29, 1.82) is 0 Å². The summed E-state index contributed by atoms with van der Waals surface area (Å²) in [4.78, 5) is 6.78. The van der Waals surface area contributed by atoms with E-state index in [4.69, 9.17) is 9.26 Å². The van der Waals surface area contributed by atoms with Gasteiger partial charge >= 0.3 is 0 Å². The van der Waals surface area contributed by atoms with Gasteiger partial charge in [-0.25, -0.2) is 0 Å². The highest BCUT2D eigenvalue weighted by molar-refractivity contribution is 5.59. The van der Waals surface area contributed by atoms with Gasteiger partial charge in [0.15, 0.2) is 11.6 Å². The first-order valence-electron chi connectivity index (χ1n) is 9.29. The Bertz CT molecular complexity index is 850. The lowest BCUT2D eigenvalue weighted by atomic mass is 9.98. The topological polar surface area (TPSA) is 77.2 Å². The van der Waals surface area contributed by atoms with Gasteiger partial charge in [-0.15, -0.1) is 10.2 Å². The fourth-order valence-corrected chi connectivity index (χ4v) is 3.37. The van der Waals surface area contributed by atoms with Gasteiger partial charge in [-0.05, 0) is 25.0 Å². The number of rotatable bonds is 6. The number of aromatic nitrogens is 4. The summed E-state index contributed by atoms with van der Waals surface area (Å²) in [5.74, 6) is 2.52. The molecule has 0 radical (unpaired) electrons. The second-order valence-electron chi connectivity index (χ2n) is 6.72. The van der Waals surface area contributed by atoms with E-state index in [2.05, 4.69) is 25.2 Å². The van der Waals surface area contributed by atoms with Crippen LogP contribution in [0.4, 0.5) is 5.82 Å². The van der Waals surface area contributed by atoms with Gasteiger partial charge in [0.25, 0.3) is 0 Å². The number of methoxy groups -OCH3 is 1. The van der Waals surface area contributed by atoms with Crippen LogP contribution in [0.2, 0.25) is 0 Å². The van der Waals surface area contributed by atoms with Crippen LogP contribution in [-0.2, 0) is 11.2 Å². The van der Waals surface area contributed by atoms with Crippen molar-refractivity contribution >= 4 is 5.82 Å². The molecule has 2 aromatic heterocycles. The Balaban J connectivity index is 1.44. The van der Waals surface area contributed by atoms with Crippen molar-refractivity contribution in [2.24, 2.45) is 0 Å². The van der Waals surface area contributed by atoms with E-state index in [-0.39, 0.29) is 5.92 Å². The molecule has 0 saturated carbocycles. The molecule has 0 bridgehead atoms. The first-order valence-corrected chi connectivity index (χ1v) is 9.29. The highest BCUT2D eigenvalue weighted by Crippen LogP contribution is 2.28. The SMILES string of the molecule is COCCc1noc(C2CCCN(c3ccc(-c4ccccc4)nn3)C2)n1. The van der Waals surface area contributed by atoms with Gasteiger partial charge in [0, 0.05) is 32.2 Å². The van der Waals surface area contributed by atoms with Gasteiger partial charge in [-0.3, -0.25) is 0 Å². The zero-order chi connectivity index (χ0) is 18.5. The summed E-state index contributed by atoms with van der Waals surface area (Å²) >= 11 is 0. The predicted octanol–water partition coefficient (Wildman–Crippen LogP) is 3.10. The Morgan fingerprint density at radius 2 is 2.04 bits per heavy atom. The van der Waals surface area contributed by atoms with Crippen LogP contribution in [0.15, 0.2) is 47.0 Å². The number of nitrogens with zero attached hydrogens (tertiary/aromatic N) is 5. The second-order valence-corrected chi connectivity index (χ2v) is 6.72. The summed E-state index contributed by atoms with van der Waals surface area (Å²) in [5.41, 5.74) is 1.95. The average Bonchev–Trinajstić information content (AvgIpc) is 3.22. The molecule has 1 aliphatic heterocycles. The van der Waals surface area contributed by atoms with E-state index in [1.54, 1.807) is 7.11 Å². The summed E-state index contributed by atoms with van der Waals surface area (Å²) < 4.78 is 10.6. The Morgan fingerprint density at radius 3 is 2.81 bits per heavy atom. The monoisotopic (exact) mass is 365 g/mol. The molecule has 1 fully saturated rings. The molecule has 1 aliphatic rings. The Hall–Kier alpha value is -2.80. The molecule has 0 amide bonds. The standard InChI is InChI=1S/C20H23N5O2/c1-26-13-11-18-21-20(27-24-18)16-8-5-12-25(14-16)19-10-9-17(22-23-19)15-6-3-2-4-7-15/h2-4,6-7,9-10,16H,5,8,11-14H2,1H3. The van der Waals surface area contributed by atoms with Crippen LogP contribution in [0.1, 0.15) is 30.5 Å². The van der Waals surface area contributed by atoms with Crippen LogP contribution in [0.5, 0.6) is 0 Å². The van der Waals surface area contributed by atoms with E-state index in [1.807, 2.05) is 42.5 Å². The molecular formula is C20H23N5O2. The second kappa shape index (κ2) is 8.26. The zero-order valence-electron chi connectivity index (χ0n) is 15.4. The summed E-state index contributed by atoms with van der Waals surface area (Å²) in [6.45, 7) is 2.37. The molecule has 1 atom stereocenters. The number of ether oxygens (including phenoxy) is 1. The molecule has 7 heteroatoms. The summed E-state index contributed by atoms with van der Waals surface area (Å²) in [7, 11) is 1.67. The van der Waals surface area contributed by atoms with Gasteiger partial charge in [-0.1, -0.05) is 35.5 Å². The minimum Gasteiger partial charge on any atom is -0.384 e. The molecular weight excluding hydrogens is 342 g/mol. The van der Waals surface area contributed by atoms with E-state index in [0.717, 1.165) is 43.0 Å². The highest BCUT2D eigenvalue weighted by Gasteiger charge is 2.27. The third kappa shape index (κ3) is 4.14. The van der Waals surface area contributed by atoms with Crippen molar-refractivity contribution in [3.63, 3.8) is 0 Å². The van der Waals surface area contributed by atoms with Crippen molar-refractivity contribution in [2.45, 2.75) is 25.2 Å². The molecule has 1 saturated heterocycles. The first-order chi connectivity index (χ1) is 13.3. The van der Waals surface area contributed by atoms with E-state index >= 15 is 0 Å². The van der Waals surface area contributed by atoms with Crippen molar-refractivity contribution < 1.29 is 9.26 Å². The van der Waals surface area contributed by atoms with Crippen LogP contribution < -0.4 is 4.90 Å². The van der Waals surface area contributed by atoms with E-state index in [1.165, 1.54) is 0 Å².